The molecule has 0 spiro atoms. The normalized spacial score (nSPS) is 12.0. The first kappa shape index (κ1) is 20.6. The van der Waals surface area contributed by atoms with E-state index in [1.54, 1.807) is 12.3 Å². The van der Waals surface area contributed by atoms with E-state index in [-0.39, 0.29) is 17.0 Å². The van der Waals surface area contributed by atoms with Crippen LogP contribution in [-0.2, 0) is 11.3 Å². The van der Waals surface area contributed by atoms with Gasteiger partial charge in [0, 0.05) is 30.7 Å². The number of carbonyl (C=O) groups is 1. The minimum Gasteiger partial charge on any atom is -0.381 e. The summed E-state index contributed by atoms with van der Waals surface area (Å²) >= 11 is 5.97. The van der Waals surface area contributed by atoms with E-state index in [4.69, 9.17) is 11.6 Å². The van der Waals surface area contributed by atoms with Gasteiger partial charge in [0.15, 0.2) is 0 Å². The van der Waals surface area contributed by atoms with Gasteiger partial charge in [-0.1, -0.05) is 35.9 Å². The van der Waals surface area contributed by atoms with Gasteiger partial charge in [-0.05, 0) is 60.0 Å². The summed E-state index contributed by atoms with van der Waals surface area (Å²) in [5, 5.41) is 6.53. The minimum atomic E-state index is -0.415. The lowest BCUT2D eigenvalue weighted by molar-refractivity contribution is -0.117. The van der Waals surface area contributed by atoms with Gasteiger partial charge in [-0.3, -0.25) is 9.78 Å². The molecule has 0 bridgehead atoms. The maximum Gasteiger partial charge on any atom is 0.244 e. The monoisotopic (exact) mass is 409 g/mol. The third-order valence-electron chi connectivity index (χ3n) is 4.34. The second-order valence-corrected chi connectivity index (χ2v) is 6.98. The topological polar surface area (TPSA) is 54.0 Å². The van der Waals surface area contributed by atoms with Gasteiger partial charge >= 0.3 is 0 Å². The van der Waals surface area contributed by atoms with Gasteiger partial charge in [-0.25, -0.2) is 4.39 Å². The van der Waals surface area contributed by atoms with Crippen LogP contribution in [-0.4, -0.2) is 10.9 Å². The number of rotatable bonds is 7. The molecule has 0 aliphatic heterocycles. The van der Waals surface area contributed by atoms with Crippen LogP contribution in [0.25, 0.3) is 6.08 Å². The van der Waals surface area contributed by atoms with Crippen molar-refractivity contribution in [3.05, 3.63) is 101 Å². The highest BCUT2D eigenvalue weighted by molar-refractivity contribution is 6.32. The highest BCUT2D eigenvalue weighted by atomic mass is 35.5. The number of amides is 1. The Kier molecular flexibility index (Phi) is 6.98. The van der Waals surface area contributed by atoms with E-state index in [1.165, 1.54) is 24.3 Å². The van der Waals surface area contributed by atoms with Gasteiger partial charge in [0.1, 0.15) is 5.82 Å². The molecule has 0 saturated carbocycles. The minimum absolute atomic E-state index is 0.184. The lowest BCUT2D eigenvalue weighted by atomic mass is 10.1. The van der Waals surface area contributed by atoms with Crippen LogP contribution in [0.1, 0.15) is 29.7 Å². The lowest BCUT2D eigenvalue weighted by Crippen LogP contribution is -2.24. The molecule has 0 saturated heterocycles. The molecular weight excluding hydrogens is 389 g/mol. The van der Waals surface area contributed by atoms with Crippen molar-refractivity contribution in [2.45, 2.75) is 19.5 Å². The predicted octanol–water partition coefficient (Wildman–Crippen LogP) is 5.38. The predicted molar refractivity (Wildman–Crippen MR) is 115 cm³/mol. The maximum atomic E-state index is 13.1. The Balaban J connectivity index is 1.59. The third-order valence-corrected chi connectivity index (χ3v) is 4.67. The van der Waals surface area contributed by atoms with Crippen LogP contribution in [0.2, 0.25) is 5.02 Å². The van der Waals surface area contributed by atoms with Crippen LogP contribution in [0.5, 0.6) is 0 Å². The molecule has 0 aliphatic rings. The molecule has 29 heavy (non-hydrogen) atoms. The summed E-state index contributed by atoms with van der Waals surface area (Å²) in [5.41, 5.74) is 3.60. The summed E-state index contributed by atoms with van der Waals surface area (Å²) in [6, 6.07) is 15.6. The Morgan fingerprint density at radius 1 is 1.21 bits per heavy atom. The van der Waals surface area contributed by atoms with Gasteiger partial charge in [-0.15, -0.1) is 0 Å². The van der Waals surface area contributed by atoms with Gasteiger partial charge < -0.3 is 10.6 Å². The van der Waals surface area contributed by atoms with Crippen molar-refractivity contribution in [2.24, 2.45) is 0 Å². The van der Waals surface area contributed by atoms with Crippen LogP contribution in [0, 0.1) is 5.82 Å². The summed E-state index contributed by atoms with van der Waals surface area (Å²) in [6.07, 6.45) is 6.52. The van der Waals surface area contributed by atoms with Crippen LogP contribution in [0.15, 0.2) is 73.1 Å². The molecule has 6 heteroatoms. The molecule has 0 aliphatic carbocycles. The van der Waals surface area contributed by atoms with Gasteiger partial charge in [0.2, 0.25) is 5.91 Å². The van der Waals surface area contributed by atoms with E-state index < -0.39 is 5.82 Å². The fourth-order valence-corrected chi connectivity index (χ4v) is 3.00. The standard InChI is InChI=1S/C23H21ClFN3O/c1-16(28-23(29)10-8-18-7-9-20(25)13-22(18)24)19-5-2-6-21(12-19)27-15-17-4-3-11-26-14-17/h2-14,16,27H,15H2,1H3,(H,28,29). The smallest absolute Gasteiger partial charge is 0.244 e. The zero-order chi connectivity index (χ0) is 20.6. The van der Waals surface area contributed by atoms with Crippen LogP contribution in [0.4, 0.5) is 10.1 Å². The highest BCUT2D eigenvalue weighted by Crippen LogP contribution is 2.20. The van der Waals surface area contributed by atoms with Crippen molar-refractivity contribution >= 4 is 29.3 Å². The number of aromatic nitrogens is 1. The zero-order valence-electron chi connectivity index (χ0n) is 15.9. The molecule has 1 atom stereocenters. The van der Waals surface area contributed by atoms with Crippen molar-refractivity contribution in [3.8, 4) is 0 Å². The average Bonchev–Trinajstić information content (AvgIpc) is 2.72. The van der Waals surface area contributed by atoms with Crippen molar-refractivity contribution in [1.82, 2.24) is 10.3 Å². The number of carbonyl (C=O) groups excluding carboxylic acids is 1. The molecule has 1 aromatic heterocycles. The molecule has 148 valence electrons. The van der Waals surface area contributed by atoms with Crippen LogP contribution >= 0.6 is 11.6 Å². The fraction of sp³-hybridized carbons (Fsp3) is 0.130. The molecule has 2 aromatic carbocycles. The van der Waals surface area contributed by atoms with Crippen molar-refractivity contribution in [1.29, 1.82) is 0 Å². The third kappa shape index (κ3) is 6.16. The Labute approximate surface area is 174 Å². The molecule has 1 unspecified atom stereocenters. The van der Waals surface area contributed by atoms with E-state index in [0.717, 1.165) is 16.8 Å². The number of halogens is 2. The van der Waals surface area contributed by atoms with E-state index in [1.807, 2.05) is 49.5 Å². The first-order valence-corrected chi connectivity index (χ1v) is 9.55. The number of nitrogens with one attached hydrogen (secondary N) is 2. The molecule has 0 fully saturated rings. The SMILES string of the molecule is CC(NC(=O)C=Cc1ccc(F)cc1Cl)c1cccc(NCc2cccnc2)c1. The number of hydrogen-bond acceptors (Lipinski definition) is 3. The first-order chi connectivity index (χ1) is 14.0. The van der Waals surface area contributed by atoms with Crippen LogP contribution in [0.3, 0.4) is 0 Å². The molecule has 1 amide bonds. The second-order valence-electron chi connectivity index (χ2n) is 6.57. The summed E-state index contributed by atoms with van der Waals surface area (Å²) in [6.45, 7) is 2.58. The summed E-state index contributed by atoms with van der Waals surface area (Å²) in [7, 11) is 0. The molecule has 0 radical (unpaired) electrons. The maximum absolute atomic E-state index is 13.1. The van der Waals surface area contributed by atoms with E-state index in [0.29, 0.717) is 12.1 Å². The van der Waals surface area contributed by atoms with Gasteiger partial charge in [0.25, 0.3) is 0 Å². The zero-order valence-corrected chi connectivity index (χ0v) is 16.7. The lowest BCUT2D eigenvalue weighted by Gasteiger charge is -2.15. The Hall–Kier alpha value is -3.18. The van der Waals surface area contributed by atoms with E-state index in [2.05, 4.69) is 15.6 Å². The van der Waals surface area contributed by atoms with Crippen molar-refractivity contribution < 1.29 is 9.18 Å². The van der Waals surface area contributed by atoms with Crippen LogP contribution < -0.4 is 10.6 Å². The first-order valence-electron chi connectivity index (χ1n) is 9.17. The average molecular weight is 410 g/mol. The number of pyridine rings is 1. The molecular formula is C23H21ClFN3O. The molecule has 3 rings (SSSR count). The number of hydrogen-bond donors (Lipinski definition) is 2. The molecule has 3 aromatic rings. The largest absolute Gasteiger partial charge is 0.381 e. The number of nitrogens with zero attached hydrogens (tertiary/aromatic N) is 1. The van der Waals surface area contributed by atoms with Crippen molar-refractivity contribution in [3.63, 3.8) is 0 Å². The molecule has 2 N–H and O–H groups in total. The van der Waals surface area contributed by atoms with Crippen molar-refractivity contribution in [2.75, 3.05) is 5.32 Å². The Bertz CT molecular complexity index is 1010. The second kappa shape index (κ2) is 9.85. The summed E-state index contributed by atoms with van der Waals surface area (Å²) in [4.78, 5) is 16.3. The van der Waals surface area contributed by atoms with Gasteiger partial charge in [-0.2, -0.15) is 0 Å². The number of anilines is 1. The molecule has 1 heterocycles. The van der Waals surface area contributed by atoms with E-state index in [9.17, 15) is 9.18 Å². The highest BCUT2D eigenvalue weighted by Gasteiger charge is 2.08. The Morgan fingerprint density at radius 2 is 2.07 bits per heavy atom. The Morgan fingerprint density at radius 3 is 2.83 bits per heavy atom. The number of benzene rings is 2. The summed E-state index contributed by atoms with van der Waals surface area (Å²) in [5.74, 6) is -0.672. The fourth-order valence-electron chi connectivity index (χ4n) is 2.77. The van der Waals surface area contributed by atoms with Gasteiger partial charge in [0.05, 0.1) is 11.1 Å². The van der Waals surface area contributed by atoms with E-state index >= 15 is 0 Å². The molecule has 4 nitrogen and oxygen atoms in total. The summed E-state index contributed by atoms with van der Waals surface area (Å²) < 4.78 is 13.1. The quantitative estimate of drug-likeness (QED) is 0.515.